The number of H-pyrrole nitrogens is 1. The summed E-state index contributed by atoms with van der Waals surface area (Å²) in [4.78, 5) is 19.7. The largest absolute Gasteiger partial charge is 0.507 e. The molecule has 5 heterocycles. The molecule has 0 amide bonds. The SMILES string of the molecule is Cc1cccc(C)c1/C1=C2\C=CC(=N2)c2cc(C(C)(C)C)cc(c2O)-c2ccc3ccc4c(c3n2)=NC(CC=4)c2cc(C(C)(C)C)cc(c2O)-c2ccc1[nH]2. The summed E-state index contributed by atoms with van der Waals surface area (Å²) in [5.41, 5.74) is 13.5. The lowest BCUT2D eigenvalue weighted by Crippen LogP contribution is -2.30. The van der Waals surface area contributed by atoms with Crippen molar-refractivity contribution in [2.75, 3.05) is 0 Å². The van der Waals surface area contributed by atoms with Crippen LogP contribution in [-0.2, 0) is 10.8 Å². The number of aromatic nitrogens is 2. The number of aryl methyl sites for hydroxylation is 2. The van der Waals surface area contributed by atoms with E-state index < -0.39 is 0 Å². The predicted octanol–water partition coefficient (Wildman–Crippen LogP) is 10.2. The van der Waals surface area contributed by atoms with Crippen LogP contribution in [0.5, 0.6) is 11.5 Å². The van der Waals surface area contributed by atoms with E-state index in [2.05, 4.69) is 139 Å². The summed E-state index contributed by atoms with van der Waals surface area (Å²) in [5.74, 6) is 0.358. The monoisotopic (exact) mass is 722 g/mol. The number of aromatic amines is 1. The van der Waals surface area contributed by atoms with Gasteiger partial charge in [-0.1, -0.05) is 84.0 Å². The number of nitrogens with zero attached hydrogens (tertiary/aromatic N) is 3. The Labute approximate surface area is 322 Å². The van der Waals surface area contributed by atoms with E-state index in [4.69, 9.17) is 15.0 Å². The summed E-state index contributed by atoms with van der Waals surface area (Å²) in [6.45, 7) is 17.4. The number of aliphatic imine (C=N–C) groups is 1. The van der Waals surface area contributed by atoms with Crippen molar-refractivity contribution >= 4 is 28.3 Å². The third-order valence-corrected chi connectivity index (χ3v) is 11.5. The number of aromatic hydroxyl groups is 2. The third kappa shape index (κ3) is 5.74. The summed E-state index contributed by atoms with van der Waals surface area (Å²) in [6.07, 6.45) is 6.89. The van der Waals surface area contributed by atoms with Crippen molar-refractivity contribution in [1.82, 2.24) is 9.97 Å². The van der Waals surface area contributed by atoms with Crippen LogP contribution in [0.25, 0.3) is 45.1 Å². The molecule has 0 saturated heterocycles. The van der Waals surface area contributed by atoms with Crippen LogP contribution in [0.3, 0.4) is 0 Å². The Balaban J connectivity index is 1.42. The average Bonchev–Trinajstić information content (AvgIpc) is 3.83. The Morgan fingerprint density at radius 2 is 1.38 bits per heavy atom. The van der Waals surface area contributed by atoms with Crippen molar-refractivity contribution in [1.29, 1.82) is 0 Å². The van der Waals surface area contributed by atoms with E-state index in [1.807, 2.05) is 18.2 Å². The van der Waals surface area contributed by atoms with E-state index in [1.54, 1.807) is 0 Å². The molecule has 0 saturated carbocycles. The molecule has 6 nitrogen and oxygen atoms in total. The predicted molar refractivity (Wildman–Crippen MR) is 224 cm³/mol. The Kier molecular flexibility index (Phi) is 7.74. The first-order valence-corrected chi connectivity index (χ1v) is 19.2. The number of phenols is 2. The Morgan fingerprint density at radius 1 is 0.709 bits per heavy atom. The molecule has 3 N–H and O–H groups in total. The van der Waals surface area contributed by atoms with Gasteiger partial charge in [0.05, 0.1) is 34.0 Å². The molecule has 3 aliphatic heterocycles. The van der Waals surface area contributed by atoms with Gasteiger partial charge in [-0.05, 0) is 119 Å². The van der Waals surface area contributed by atoms with Gasteiger partial charge in [-0.2, -0.15) is 0 Å². The number of nitrogens with one attached hydrogen (secondary N) is 1. The van der Waals surface area contributed by atoms with Crippen LogP contribution in [0.15, 0.2) is 107 Å². The van der Waals surface area contributed by atoms with Gasteiger partial charge in [0.1, 0.15) is 11.5 Å². The lowest BCUT2D eigenvalue weighted by molar-refractivity contribution is 0.461. The van der Waals surface area contributed by atoms with Gasteiger partial charge in [-0.3, -0.25) is 4.99 Å². The molecule has 4 aromatic carbocycles. The van der Waals surface area contributed by atoms with Crippen LogP contribution in [0.4, 0.5) is 0 Å². The normalized spacial score (nSPS) is 17.5. The van der Waals surface area contributed by atoms with Gasteiger partial charge in [0.15, 0.2) is 0 Å². The van der Waals surface area contributed by atoms with Crippen LogP contribution in [0, 0.1) is 13.8 Å². The van der Waals surface area contributed by atoms with Gasteiger partial charge >= 0.3 is 0 Å². The van der Waals surface area contributed by atoms with Crippen LogP contribution in [0.1, 0.15) is 98.6 Å². The number of hydrogen-bond donors (Lipinski definition) is 3. The maximum absolute atomic E-state index is 12.3. The number of hydrogen-bond acceptors (Lipinski definition) is 5. The Hall–Kier alpha value is -6.01. The van der Waals surface area contributed by atoms with Crippen LogP contribution in [0.2, 0.25) is 0 Å². The zero-order valence-corrected chi connectivity index (χ0v) is 32.8. The van der Waals surface area contributed by atoms with Crippen LogP contribution < -0.4 is 10.6 Å². The Bertz CT molecular complexity index is 2830. The highest BCUT2D eigenvalue weighted by Crippen LogP contribution is 2.44. The zero-order chi connectivity index (χ0) is 38.6. The Morgan fingerprint density at radius 3 is 2.13 bits per heavy atom. The fourth-order valence-electron chi connectivity index (χ4n) is 8.25. The third-order valence-electron chi connectivity index (χ3n) is 11.5. The smallest absolute Gasteiger partial charge is 0.134 e. The molecule has 3 aliphatic rings. The van der Waals surface area contributed by atoms with Crippen molar-refractivity contribution in [3.63, 3.8) is 0 Å². The second-order valence-corrected chi connectivity index (χ2v) is 17.4. The summed E-state index contributed by atoms with van der Waals surface area (Å²) < 4.78 is 0. The standard InChI is InChI=1S/C49H46N4O2/c1-26-10-9-11-27(2)42(26)43-40-20-18-36(50-40)32-22-30(48(3,4)5)24-34(46(32)54)38-16-14-28-12-13-29-15-17-39(53-45(29)44(28)52-38)35-25-31(49(6,7)8)23-33(47(35)55)37-19-21-41(43)51-37/h9-16,18-25,39,51,54-55H,17H2,1-8H3/b43-40+. The minimum atomic E-state index is -0.325. The molecular weight excluding hydrogens is 677 g/mol. The molecular formula is C49H46N4O2. The number of rotatable bonds is 1. The quantitative estimate of drug-likeness (QED) is 0.158. The molecule has 1 atom stereocenters. The van der Waals surface area contributed by atoms with Crippen molar-refractivity contribution in [3.8, 4) is 34.0 Å². The molecule has 1 unspecified atom stereocenters. The van der Waals surface area contributed by atoms with Gasteiger partial charge in [0.2, 0.25) is 0 Å². The van der Waals surface area contributed by atoms with Crippen molar-refractivity contribution in [3.05, 3.63) is 152 Å². The molecule has 274 valence electrons. The second-order valence-electron chi connectivity index (χ2n) is 17.4. The van der Waals surface area contributed by atoms with Crippen LogP contribution >= 0.6 is 0 Å². The van der Waals surface area contributed by atoms with Gasteiger partial charge in [0.25, 0.3) is 0 Å². The van der Waals surface area contributed by atoms with Gasteiger partial charge in [-0.25, -0.2) is 9.98 Å². The molecule has 12 bridgehead atoms. The number of pyridine rings is 1. The maximum Gasteiger partial charge on any atom is 0.134 e. The number of allylic oxidation sites excluding steroid dienone is 2. The highest BCUT2D eigenvalue weighted by molar-refractivity contribution is 6.15. The second kappa shape index (κ2) is 12.3. The molecule has 55 heavy (non-hydrogen) atoms. The van der Waals surface area contributed by atoms with Crippen LogP contribution in [-0.4, -0.2) is 25.9 Å². The fraction of sp³-hybridized carbons (Fsp3) is 0.245. The summed E-state index contributed by atoms with van der Waals surface area (Å²) >= 11 is 0. The lowest BCUT2D eigenvalue weighted by atomic mass is 9.83. The molecule has 9 rings (SSSR count). The maximum atomic E-state index is 12.3. The summed E-state index contributed by atoms with van der Waals surface area (Å²) in [7, 11) is 0. The molecule has 0 radical (unpaired) electrons. The highest BCUT2D eigenvalue weighted by atomic mass is 16.3. The molecule has 2 aromatic heterocycles. The fourth-order valence-corrected chi connectivity index (χ4v) is 8.25. The van der Waals surface area contributed by atoms with E-state index in [9.17, 15) is 10.2 Å². The van der Waals surface area contributed by atoms with E-state index in [0.717, 1.165) is 83.1 Å². The molecule has 0 fully saturated rings. The minimum absolute atomic E-state index is 0.139. The van der Waals surface area contributed by atoms with E-state index in [0.29, 0.717) is 29.0 Å². The zero-order valence-electron chi connectivity index (χ0n) is 32.8. The van der Waals surface area contributed by atoms with Crippen molar-refractivity contribution < 1.29 is 10.2 Å². The number of fused-ring (bicyclic) bond motifs is 13. The topological polar surface area (TPSA) is 93.9 Å². The minimum Gasteiger partial charge on any atom is -0.507 e. The lowest BCUT2D eigenvalue weighted by Gasteiger charge is -2.25. The summed E-state index contributed by atoms with van der Waals surface area (Å²) in [6, 6.07) is 26.8. The molecule has 6 aromatic rings. The number of phenolic OH excluding ortho intramolecular Hbond substituents is 2. The van der Waals surface area contributed by atoms with Gasteiger partial charge < -0.3 is 15.2 Å². The van der Waals surface area contributed by atoms with E-state index in [1.165, 1.54) is 0 Å². The first kappa shape index (κ1) is 34.7. The van der Waals surface area contributed by atoms with E-state index >= 15 is 0 Å². The first-order chi connectivity index (χ1) is 26.2. The highest BCUT2D eigenvalue weighted by Gasteiger charge is 2.28. The summed E-state index contributed by atoms with van der Waals surface area (Å²) in [5, 5.41) is 27.2. The molecule has 0 spiro atoms. The molecule has 0 aliphatic carbocycles. The van der Waals surface area contributed by atoms with E-state index in [-0.39, 0.29) is 28.4 Å². The van der Waals surface area contributed by atoms with Crippen molar-refractivity contribution in [2.24, 2.45) is 9.98 Å². The average molecular weight is 723 g/mol. The van der Waals surface area contributed by atoms with Gasteiger partial charge in [-0.15, -0.1) is 0 Å². The van der Waals surface area contributed by atoms with Crippen molar-refractivity contribution in [2.45, 2.75) is 78.7 Å². The molecule has 6 heteroatoms. The van der Waals surface area contributed by atoms with Gasteiger partial charge in [0, 0.05) is 44.6 Å². The number of benzene rings is 4. The first-order valence-electron chi connectivity index (χ1n) is 19.2.